The van der Waals surface area contributed by atoms with E-state index in [0.29, 0.717) is 22.8 Å². The van der Waals surface area contributed by atoms with Gasteiger partial charge in [-0.15, -0.1) is 0 Å². The second-order valence-electron chi connectivity index (χ2n) is 5.00. The number of nitrogens with one attached hydrogen (secondary N) is 1. The molecule has 7 nitrogen and oxygen atoms in total. The Balaban J connectivity index is 2.03. The molecule has 1 aliphatic heterocycles. The molecule has 0 atom stereocenters. The largest absolute Gasteiger partial charge is 0.492 e. The van der Waals surface area contributed by atoms with Crippen LogP contribution in [0, 0.1) is 0 Å². The Morgan fingerprint density at radius 1 is 1.20 bits per heavy atom. The number of carbonyl (C=O) groups excluding carboxylic acids is 3. The molecule has 1 fully saturated rings. The van der Waals surface area contributed by atoms with Crippen LogP contribution in [0.5, 0.6) is 5.75 Å². The normalized spacial score (nSPS) is 16.3. The highest BCUT2D eigenvalue weighted by Gasteiger charge is 2.38. The number of urea groups is 1. The van der Waals surface area contributed by atoms with Gasteiger partial charge in [-0.05, 0) is 53.2 Å². The second-order valence-corrected chi connectivity index (χ2v) is 5.78. The van der Waals surface area contributed by atoms with Gasteiger partial charge >= 0.3 is 6.03 Å². The van der Waals surface area contributed by atoms with E-state index >= 15 is 0 Å². The number of rotatable bonds is 4. The predicted molar refractivity (Wildman–Crippen MR) is 93.0 cm³/mol. The first-order chi connectivity index (χ1) is 12.0. The number of nitrogens with zero attached hydrogens (tertiary/aromatic N) is 1. The Morgan fingerprint density at radius 3 is 2.64 bits per heavy atom. The minimum absolute atomic E-state index is 0.215. The van der Waals surface area contributed by atoms with Crippen molar-refractivity contribution < 1.29 is 23.5 Å². The molecule has 0 aliphatic carbocycles. The van der Waals surface area contributed by atoms with Gasteiger partial charge in [-0.3, -0.25) is 14.9 Å². The molecule has 3 rings (SSSR count). The number of anilines is 1. The molecule has 0 unspecified atom stereocenters. The van der Waals surface area contributed by atoms with E-state index in [9.17, 15) is 14.4 Å². The minimum atomic E-state index is -0.833. The Hall–Kier alpha value is -2.87. The van der Waals surface area contributed by atoms with Crippen LogP contribution >= 0.6 is 15.9 Å². The van der Waals surface area contributed by atoms with Gasteiger partial charge in [-0.25, -0.2) is 9.69 Å². The summed E-state index contributed by atoms with van der Waals surface area (Å²) in [5.41, 5.74) is 0.0404. The van der Waals surface area contributed by atoms with Crippen molar-refractivity contribution in [3.8, 4) is 5.75 Å². The highest BCUT2D eigenvalue weighted by Crippen LogP contribution is 2.31. The monoisotopic (exact) mass is 404 g/mol. The lowest BCUT2D eigenvalue weighted by atomic mass is 10.1. The van der Waals surface area contributed by atoms with Crippen molar-refractivity contribution in [3.05, 3.63) is 52.4 Å². The smallest absolute Gasteiger partial charge is 0.336 e. The highest BCUT2D eigenvalue weighted by molar-refractivity contribution is 9.10. The van der Waals surface area contributed by atoms with Crippen LogP contribution in [-0.4, -0.2) is 24.5 Å². The summed E-state index contributed by atoms with van der Waals surface area (Å²) >= 11 is 3.15. The molecule has 25 heavy (non-hydrogen) atoms. The van der Waals surface area contributed by atoms with Gasteiger partial charge in [0.25, 0.3) is 11.8 Å². The maximum absolute atomic E-state index is 12.8. The van der Waals surface area contributed by atoms with Crippen LogP contribution in [0.3, 0.4) is 0 Å². The summed E-state index contributed by atoms with van der Waals surface area (Å²) in [6.45, 7) is 2.15. The molecule has 8 heteroatoms. The summed E-state index contributed by atoms with van der Waals surface area (Å²) in [5.74, 6) is -0.873. The molecule has 0 bridgehead atoms. The number of amides is 4. The molecule has 1 saturated heterocycles. The second kappa shape index (κ2) is 6.94. The van der Waals surface area contributed by atoms with Gasteiger partial charge in [0.05, 0.1) is 12.3 Å². The maximum atomic E-state index is 12.8. The number of imide groups is 2. The number of hydrogen-bond acceptors (Lipinski definition) is 5. The lowest BCUT2D eigenvalue weighted by Crippen LogP contribution is -2.54. The van der Waals surface area contributed by atoms with Crippen molar-refractivity contribution in [2.75, 3.05) is 11.5 Å². The van der Waals surface area contributed by atoms with Gasteiger partial charge in [0.15, 0.2) is 4.67 Å². The van der Waals surface area contributed by atoms with Crippen LogP contribution in [0.15, 0.2) is 51.1 Å². The zero-order valence-electron chi connectivity index (χ0n) is 13.1. The zero-order chi connectivity index (χ0) is 18.0. The van der Waals surface area contributed by atoms with E-state index in [-0.39, 0.29) is 11.3 Å². The standard InChI is InChI=1S/C17H13BrN2O5/c1-2-24-13-6-4-3-5-12(13)20-16(22)11(15(21)19-17(20)23)9-10-7-8-14(18)25-10/h3-9H,2H2,1H3,(H,19,21,23)/b11-9+. The summed E-state index contributed by atoms with van der Waals surface area (Å²) in [4.78, 5) is 38.0. The summed E-state index contributed by atoms with van der Waals surface area (Å²) in [7, 11) is 0. The van der Waals surface area contributed by atoms with Gasteiger partial charge in [-0.1, -0.05) is 12.1 Å². The summed E-state index contributed by atoms with van der Waals surface area (Å²) < 4.78 is 11.2. The molecule has 4 amide bonds. The van der Waals surface area contributed by atoms with Crippen molar-refractivity contribution in [2.24, 2.45) is 0 Å². The van der Waals surface area contributed by atoms with Crippen molar-refractivity contribution in [1.29, 1.82) is 0 Å². The third-order valence-corrected chi connectivity index (χ3v) is 3.81. The third-order valence-electron chi connectivity index (χ3n) is 3.39. The zero-order valence-corrected chi connectivity index (χ0v) is 14.7. The molecule has 0 spiro atoms. The average molecular weight is 405 g/mol. The van der Waals surface area contributed by atoms with Crippen LogP contribution in [0.25, 0.3) is 6.08 Å². The number of furan rings is 1. The molecular formula is C17H13BrN2O5. The van der Waals surface area contributed by atoms with E-state index in [4.69, 9.17) is 9.15 Å². The molecule has 1 aromatic heterocycles. The number of para-hydroxylation sites is 2. The van der Waals surface area contributed by atoms with E-state index in [1.807, 2.05) is 0 Å². The number of halogens is 1. The van der Waals surface area contributed by atoms with E-state index < -0.39 is 17.8 Å². The first kappa shape index (κ1) is 17.0. The Bertz CT molecular complexity index is 887. The van der Waals surface area contributed by atoms with Gasteiger partial charge in [0.2, 0.25) is 0 Å². The number of carbonyl (C=O) groups is 3. The molecule has 0 saturated carbocycles. The first-order valence-electron chi connectivity index (χ1n) is 7.40. The van der Waals surface area contributed by atoms with E-state index in [0.717, 1.165) is 4.90 Å². The Labute approximate surface area is 151 Å². The van der Waals surface area contributed by atoms with Crippen LogP contribution in [-0.2, 0) is 9.59 Å². The van der Waals surface area contributed by atoms with Gasteiger partial charge in [-0.2, -0.15) is 0 Å². The highest BCUT2D eigenvalue weighted by atomic mass is 79.9. The van der Waals surface area contributed by atoms with Gasteiger partial charge in [0, 0.05) is 0 Å². The topological polar surface area (TPSA) is 88.8 Å². The van der Waals surface area contributed by atoms with E-state index in [1.54, 1.807) is 43.3 Å². The SMILES string of the molecule is CCOc1ccccc1N1C(=O)NC(=O)/C(=C\c2ccc(Br)o2)C1=O. The van der Waals surface area contributed by atoms with Crippen LogP contribution in [0.4, 0.5) is 10.5 Å². The molecule has 1 aliphatic rings. The molecule has 1 aromatic carbocycles. The maximum Gasteiger partial charge on any atom is 0.336 e. The molecule has 1 N–H and O–H groups in total. The summed E-state index contributed by atoms with van der Waals surface area (Å²) in [6.07, 6.45) is 1.28. The van der Waals surface area contributed by atoms with Gasteiger partial charge < -0.3 is 9.15 Å². The fourth-order valence-corrected chi connectivity index (χ4v) is 2.66. The number of barbiturate groups is 1. The van der Waals surface area contributed by atoms with E-state index in [1.165, 1.54) is 6.08 Å². The Morgan fingerprint density at radius 2 is 1.96 bits per heavy atom. The minimum Gasteiger partial charge on any atom is -0.492 e. The van der Waals surface area contributed by atoms with Crippen LogP contribution < -0.4 is 15.0 Å². The van der Waals surface area contributed by atoms with Crippen molar-refractivity contribution in [2.45, 2.75) is 6.92 Å². The summed E-state index contributed by atoms with van der Waals surface area (Å²) in [6, 6.07) is 8.99. The quantitative estimate of drug-likeness (QED) is 0.624. The third kappa shape index (κ3) is 3.34. The van der Waals surface area contributed by atoms with Crippen LogP contribution in [0.2, 0.25) is 0 Å². The fraction of sp³-hybridized carbons (Fsp3) is 0.118. The number of hydrogen-bond donors (Lipinski definition) is 1. The first-order valence-corrected chi connectivity index (χ1v) is 8.19. The molecular weight excluding hydrogens is 392 g/mol. The van der Waals surface area contributed by atoms with E-state index in [2.05, 4.69) is 21.2 Å². The molecule has 2 heterocycles. The van der Waals surface area contributed by atoms with Gasteiger partial charge in [0.1, 0.15) is 17.1 Å². The fourth-order valence-electron chi connectivity index (χ4n) is 2.34. The molecule has 128 valence electrons. The Kier molecular flexibility index (Phi) is 4.71. The predicted octanol–water partition coefficient (Wildman–Crippen LogP) is 3.11. The van der Waals surface area contributed by atoms with Crippen molar-refractivity contribution in [1.82, 2.24) is 5.32 Å². The summed E-state index contributed by atoms with van der Waals surface area (Å²) in [5, 5.41) is 2.15. The number of ether oxygens (including phenoxy) is 1. The lowest BCUT2D eigenvalue weighted by molar-refractivity contribution is -0.122. The average Bonchev–Trinajstić information content (AvgIpc) is 2.98. The van der Waals surface area contributed by atoms with Crippen molar-refractivity contribution in [3.63, 3.8) is 0 Å². The lowest BCUT2D eigenvalue weighted by Gasteiger charge is -2.27. The van der Waals surface area contributed by atoms with Crippen LogP contribution in [0.1, 0.15) is 12.7 Å². The molecule has 2 aromatic rings. The van der Waals surface area contributed by atoms with Crippen molar-refractivity contribution >= 4 is 45.5 Å². The number of benzene rings is 1. The molecule has 0 radical (unpaired) electrons.